The van der Waals surface area contributed by atoms with Crippen molar-refractivity contribution < 1.29 is 4.74 Å². The van der Waals surface area contributed by atoms with Gasteiger partial charge in [0, 0.05) is 26.7 Å². The molecular formula is C12H21N3O. The Kier molecular flexibility index (Phi) is 5.82. The summed E-state index contributed by atoms with van der Waals surface area (Å²) in [4.78, 5) is 4.13. The summed E-state index contributed by atoms with van der Waals surface area (Å²) in [5, 5.41) is 3.31. The molecule has 4 heteroatoms. The molecule has 90 valence electrons. The van der Waals surface area contributed by atoms with Gasteiger partial charge in [-0.3, -0.25) is 0 Å². The first-order valence-corrected chi connectivity index (χ1v) is 5.65. The van der Waals surface area contributed by atoms with Gasteiger partial charge in [-0.25, -0.2) is 4.98 Å². The Labute approximate surface area is 97.3 Å². The molecule has 4 nitrogen and oxygen atoms in total. The van der Waals surface area contributed by atoms with E-state index in [0.29, 0.717) is 0 Å². The van der Waals surface area contributed by atoms with E-state index in [0.717, 1.165) is 31.9 Å². The Balaban J connectivity index is 2.43. The minimum atomic E-state index is 0.750. The molecule has 1 heterocycles. The van der Waals surface area contributed by atoms with E-state index in [1.165, 1.54) is 5.57 Å². The third-order valence-corrected chi connectivity index (χ3v) is 2.37. The molecular weight excluding hydrogens is 202 g/mol. The van der Waals surface area contributed by atoms with Gasteiger partial charge in [-0.1, -0.05) is 5.57 Å². The monoisotopic (exact) mass is 223 g/mol. The molecule has 0 radical (unpaired) electrons. The van der Waals surface area contributed by atoms with Crippen LogP contribution in [0.3, 0.4) is 0 Å². The molecule has 0 fully saturated rings. The average molecular weight is 223 g/mol. The number of rotatable bonds is 7. The van der Waals surface area contributed by atoms with Gasteiger partial charge in [-0.2, -0.15) is 0 Å². The number of aryl methyl sites for hydroxylation is 1. The molecule has 1 N–H and O–H groups in total. The van der Waals surface area contributed by atoms with Crippen molar-refractivity contribution in [2.24, 2.45) is 0 Å². The molecule has 0 amide bonds. The average Bonchev–Trinajstić information content (AvgIpc) is 2.71. The zero-order valence-electron chi connectivity index (χ0n) is 10.4. The van der Waals surface area contributed by atoms with Gasteiger partial charge in [0.05, 0.1) is 24.8 Å². The maximum absolute atomic E-state index is 4.97. The predicted octanol–water partition coefficient (Wildman–Crippen LogP) is 1.54. The molecule has 0 aliphatic rings. The predicted molar refractivity (Wildman–Crippen MR) is 66.3 cm³/mol. The Morgan fingerprint density at radius 1 is 1.62 bits per heavy atom. The third kappa shape index (κ3) is 4.16. The molecule has 1 rings (SSSR count). The number of imidazole rings is 1. The van der Waals surface area contributed by atoms with E-state index in [4.69, 9.17) is 4.74 Å². The lowest BCUT2D eigenvalue weighted by Crippen LogP contribution is -2.20. The summed E-state index contributed by atoms with van der Waals surface area (Å²) >= 11 is 0. The van der Waals surface area contributed by atoms with Gasteiger partial charge in [-0.05, 0) is 19.9 Å². The van der Waals surface area contributed by atoms with Crippen LogP contribution < -0.4 is 5.32 Å². The molecule has 0 atom stereocenters. The number of hydrogen-bond donors (Lipinski definition) is 1. The summed E-state index contributed by atoms with van der Waals surface area (Å²) in [5.74, 6) is 0. The fraction of sp³-hybridized carbons (Fsp3) is 0.583. The number of hydrogen-bond acceptors (Lipinski definition) is 3. The normalized spacial score (nSPS) is 12.1. The summed E-state index contributed by atoms with van der Waals surface area (Å²) < 4.78 is 7.09. The summed E-state index contributed by atoms with van der Waals surface area (Å²) in [6, 6.07) is 0. The van der Waals surface area contributed by atoms with Crippen LogP contribution in [0, 0.1) is 0 Å². The van der Waals surface area contributed by atoms with Crippen LogP contribution in [0.1, 0.15) is 19.5 Å². The molecule has 1 aromatic heterocycles. The van der Waals surface area contributed by atoms with Crippen molar-refractivity contribution in [1.82, 2.24) is 14.9 Å². The minimum absolute atomic E-state index is 0.750. The third-order valence-electron chi connectivity index (χ3n) is 2.37. The van der Waals surface area contributed by atoms with Crippen molar-refractivity contribution in [3.8, 4) is 0 Å². The van der Waals surface area contributed by atoms with Crippen LogP contribution in [0.15, 0.2) is 18.1 Å². The Morgan fingerprint density at radius 2 is 2.44 bits per heavy atom. The fourth-order valence-corrected chi connectivity index (χ4v) is 1.48. The summed E-state index contributed by atoms with van der Waals surface area (Å²) in [6.07, 6.45) is 5.91. The number of nitrogens with one attached hydrogen (secondary N) is 1. The lowest BCUT2D eigenvalue weighted by atomic mass is 10.2. The Morgan fingerprint density at radius 3 is 3.12 bits per heavy atom. The van der Waals surface area contributed by atoms with Crippen molar-refractivity contribution in [1.29, 1.82) is 0 Å². The van der Waals surface area contributed by atoms with Crippen LogP contribution in [0.25, 0.3) is 6.08 Å². The Bertz CT molecular complexity index is 331. The molecule has 0 bridgehead atoms. The topological polar surface area (TPSA) is 39.1 Å². The number of ether oxygens (including phenoxy) is 1. The van der Waals surface area contributed by atoms with E-state index in [1.54, 1.807) is 7.11 Å². The first-order valence-electron chi connectivity index (χ1n) is 5.65. The van der Waals surface area contributed by atoms with Crippen LogP contribution in [-0.4, -0.2) is 36.4 Å². The fourth-order valence-electron chi connectivity index (χ4n) is 1.48. The maximum atomic E-state index is 4.97. The van der Waals surface area contributed by atoms with Crippen molar-refractivity contribution in [2.75, 3.05) is 26.8 Å². The van der Waals surface area contributed by atoms with Crippen LogP contribution in [0.5, 0.6) is 0 Å². The second-order valence-corrected chi connectivity index (χ2v) is 3.76. The molecule has 0 unspecified atom stereocenters. The minimum Gasteiger partial charge on any atom is -0.383 e. The molecule has 0 aliphatic heterocycles. The Hall–Kier alpha value is -1.13. The van der Waals surface area contributed by atoms with Gasteiger partial charge < -0.3 is 14.6 Å². The number of methoxy groups -OCH3 is 1. The number of nitrogens with zero attached hydrogens (tertiary/aromatic N) is 2. The van der Waals surface area contributed by atoms with Gasteiger partial charge in [-0.15, -0.1) is 0 Å². The van der Waals surface area contributed by atoms with Gasteiger partial charge in [0.2, 0.25) is 0 Å². The second kappa shape index (κ2) is 7.19. The standard InChI is InChI=1S/C12H21N3O/c1-4-15-10-14-9-12(15)7-11(2)8-13-5-6-16-3/h7,9-10,13H,4-6,8H2,1-3H3. The first kappa shape index (κ1) is 12.9. The van der Waals surface area contributed by atoms with Crippen molar-refractivity contribution >= 4 is 6.08 Å². The van der Waals surface area contributed by atoms with Gasteiger partial charge in [0.15, 0.2) is 0 Å². The lowest BCUT2D eigenvalue weighted by molar-refractivity contribution is 0.200. The molecule has 0 saturated heterocycles. The van der Waals surface area contributed by atoms with Gasteiger partial charge in [0.1, 0.15) is 0 Å². The van der Waals surface area contributed by atoms with E-state index in [2.05, 4.69) is 34.8 Å². The van der Waals surface area contributed by atoms with Crippen LogP contribution in [-0.2, 0) is 11.3 Å². The number of aromatic nitrogens is 2. The lowest BCUT2D eigenvalue weighted by Gasteiger charge is -2.05. The smallest absolute Gasteiger partial charge is 0.0950 e. The molecule has 0 saturated carbocycles. The largest absolute Gasteiger partial charge is 0.383 e. The van der Waals surface area contributed by atoms with Crippen molar-refractivity contribution in [3.05, 3.63) is 23.8 Å². The zero-order chi connectivity index (χ0) is 11.8. The highest BCUT2D eigenvalue weighted by molar-refractivity contribution is 5.48. The highest BCUT2D eigenvalue weighted by Crippen LogP contribution is 2.05. The second-order valence-electron chi connectivity index (χ2n) is 3.76. The van der Waals surface area contributed by atoms with Crippen molar-refractivity contribution in [2.45, 2.75) is 20.4 Å². The van der Waals surface area contributed by atoms with Gasteiger partial charge in [0.25, 0.3) is 0 Å². The highest BCUT2D eigenvalue weighted by Gasteiger charge is 1.97. The molecule has 0 aromatic carbocycles. The molecule has 0 spiro atoms. The van der Waals surface area contributed by atoms with Gasteiger partial charge >= 0.3 is 0 Å². The SMILES string of the molecule is CCn1cncc1C=C(C)CNCCOC. The summed E-state index contributed by atoms with van der Waals surface area (Å²) in [6.45, 7) is 7.71. The van der Waals surface area contributed by atoms with Crippen LogP contribution >= 0.6 is 0 Å². The van der Waals surface area contributed by atoms with E-state index in [9.17, 15) is 0 Å². The maximum Gasteiger partial charge on any atom is 0.0950 e. The highest BCUT2D eigenvalue weighted by atomic mass is 16.5. The van der Waals surface area contributed by atoms with Crippen molar-refractivity contribution in [3.63, 3.8) is 0 Å². The molecule has 16 heavy (non-hydrogen) atoms. The van der Waals surface area contributed by atoms with E-state index >= 15 is 0 Å². The quantitative estimate of drug-likeness (QED) is 0.713. The summed E-state index contributed by atoms with van der Waals surface area (Å²) in [5.41, 5.74) is 2.46. The molecule has 1 aromatic rings. The summed E-state index contributed by atoms with van der Waals surface area (Å²) in [7, 11) is 1.71. The molecule has 0 aliphatic carbocycles. The van der Waals surface area contributed by atoms with E-state index in [1.807, 2.05) is 12.5 Å². The van der Waals surface area contributed by atoms with E-state index < -0.39 is 0 Å². The zero-order valence-corrected chi connectivity index (χ0v) is 10.4. The van der Waals surface area contributed by atoms with E-state index in [-0.39, 0.29) is 0 Å². The first-order chi connectivity index (χ1) is 7.77. The van der Waals surface area contributed by atoms with Crippen LogP contribution in [0.2, 0.25) is 0 Å². The van der Waals surface area contributed by atoms with Crippen LogP contribution in [0.4, 0.5) is 0 Å².